The van der Waals surface area contributed by atoms with Gasteiger partial charge in [0.05, 0.1) is 4.90 Å². The van der Waals surface area contributed by atoms with Gasteiger partial charge in [0.2, 0.25) is 10.0 Å². The van der Waals surface area contributed by atoms with E-state index >= 15 is 0 Å². The van der Waals surface area contributed by atoms with Gasteiger partial charge in [0, 0.05) is 18.3 Å². The van der Waals surface area contributed by atoms with E-state index in [1.54, 1.807) is 23.9 Å². The maximum atomic E-state index is 12.3. The van der Waals surface area contributed by atoms with Crippen LogP contribution in [0.25, 0.3) is 0 Å². The minimum absolute atomic E-state index is 0.373. The Labute approximate surface area is 126 Å². The molecular weight excluding hydrogens is 292 g/mol. The first-order valence-electron chi connectivity index (χ1n) is 6.82. The molecule has 1 atom stereocenters. The molecule has 1 unspecified atom stereocenters. The molecule has 114 valence electrons. The summed E-state index contributed by atoms with van der Waals surface area (Å²) in [5.74, 6) is 0. The molecule has 0 bridgehead atoms. The Bertz CT molecular complexity index is 504. The van der Waals surface area contributed by atoms with Crippen molar-refractivity contribution in [2.45, 2.75) is 37.0 Å². The molecule has 1 rings (SSSR count). The van der Waals surface area contributed by atoms with Gasteiger partial charge in [-0.3, -0.25) is 0 Å². The van der Waals surface area contributed by atoms with Crippen molar-refractivity contribution in [3.05, 3.63) is 29.8 Å². The van der Waals surface area contributed by atoms with Gasteiger partial charge in [-0.25, -0.2) is 13.1 Å². The van der Waals surface area contributed by atoms with Gasteiger partial charge in [0.25, 0.3) is 0 Å². The third-order valence-electron chi connectivity index (χ3n) is 3.07. The number of thioether (sulfide) groups is 1. The van der Waals surface area contributed by atoms with E-state index in [4.69, 9.17) is 0 Å². The maximum Gasteiger partial charge on any atom is 0.240 e. The van der Waals surface area contributed by atoms with Gasteiger partial charge in [0.1, 0.15) is 0 Å². The van der Waals surface area contributed by atoms with Gasteiger partial charge in [-0.15, -0.1) is 0 Å². The van der Waals surface area contributed by atoms with Crippen LogP contribution in [0.15, 0.2) is 29.2 Å². The summed E-state index contributed by atoms with van der Waals surface area (Å²) in [5, 5.41) is 3.62. The van der Waals surface area contributed by atoms with E-state index < -0.39 is 10.0 Å². The summed E-state index contributed by atoms with van der Waals surface area (Å²) in [4.78, 5) is 0.373. The third kappa shape index (κ3) is 5.44. The van der Waals surface area contributed by atoms with Crippen molar-refractivity contribution < 1.29 is 8.42 Å². The molecule has 0 spiro atoms. The molecule has 0 fully saturated rings. The number of rotatable bonds is 9. The average molecular weight is 316 g/mol. The number of hydrogen-bond acceptors (Lipinski definition) is 4. The van der Waals surface area contributed by atoms with Crippen LogP contribution in [0.1, 0.15) is 25.8 Å². The van der Waals surface area contributed by atoms with Crippen LogP contribution in [-0.2, 0) is 16.6 Å². The summed E-state index contributed by atoms with van der Waals surface area (Å²) >= 11 is 1.74. The summed E-state index contributed by atoms with van der Waals surface area (Å²) in [7, 11) is -3.42. The fraction of sp³-hybridized carbons (Fsp3) is 0.571. The molecule has 0 aliphatic carbocycles. The van der Waals surface area contributed by atoms with E-state index in [1.807, 2.05) is 25.3 Å². The van der Waals surface area contributed by atoms with Crippen LogP contribution in [0.4, 0.5) is 0 Å². The molecule has 4 nitrogen and oxygen atoms in total. The van der Waals surface area contributed by atoms with Crippen LogP contribution in [0.5, 0.6) is 0 Å². The molecule has 0 amide bonds. The molecule has 6 heteroatoms. The minimum Gasteiger partial charge on any atom is -0.313 e. The van der Waals surface area contributed by atoms with Crippen molar-refractivity contribution in [1.82, 2.24) is 10.0 Å². The summed E-state index contributed by atoms with van der Waals surface area (Å²) in [6.45, 7) is 5.94. The van der Waals surface area contributed by atoms with Gasteiger partial charge < -0.3 is 5.32 Å². The van der Waals surface area contributed by atoms with Gasteiger partial charge in [-0.1, -0.05) is 32.0 Å². The molecule has 1 aromatic rings. The second-order valence-corrected chi connectivity index (χ2v) is 7.63. The number of sulfonamides is 1. The van der Waals surface area contributed by atoms with Crippen molar-refractivity contribution >= 4 is 21.8 Å². The molecule has 0 saturated heterocycles. The highest BCUT2D eigenvalue weighted by Gasteiger charge is 2.17. The Morgan fingerprint density at radius 2 is 2.00 bits per heavy atom. The minimum atomic E-state index is -3.42. The van der Waals surface area contributed by atoms with Crippen molar-refractivity contribution in [3.63, 3.8) is 0 Å². The van der Waals surface area contributed by atoms with Crippen molar-refractivity contribution in [3.8, 4) is 0 Å². The lowest BCUT2D eigenvalue weighted by Gasteiger charge is -2.13. The Hall–Kier alpha value is -0.560. The third-order valence-corrected chi connectivity index (χ3v) is 5.67. The van der Waals surface area contributed by atoms with E-state index in [0.717, 1.165) is 18.5 Å². The maximum absolute atomic E-state index is 12.3. The highest BCUT2D eigenvalue weighted by Crippen LogP contribution is 2.16. The lowest BCUT2D eigenvalue weighted by Crippen LogP contribution is -2.28. The van der Waals surface area contributed by atoms with Crippen LogP contribution < -0.4 is 10.0 Å². The Balaban J connectivity index is 2.76. The van der Waals surface area contributed by atoms with Crippen molar-refractivity contribution in [2.75, 3.05) is 19.3 Å². The second-order valence-electron chi connectivity index (χ2n) is 4.62. The summed E-state index contributed by atoms with van der Waals surface area (Å²) in [6.07, 6.45) is 2.86. The first-order chi connectivity index (χ1) is 9.51. The Kier molecular flexibility index (Phi) is 7.58. The highest BCUT2D eigenvalue weighted by molar-refractivity contribution is 7.99. The first-order valence-corrected chi connectivity index (χ1v) is 9.59. The lowest BCUT2D eigenvalue weighted by atomic mass is 10.2. The topological polar surface area (TPSA) is 58.2 Å². The highest BCUT2D eigenvalue weighted by atomic mass is 32.2. The van der Waals surface area contributed by atoms with Crippen LogP contribution >= 0.6 is 11.8 Å². The van der Waals surface area contributed by atoms with Gasteiger partial charge in [-0.05, 0) is 30.9 Å². The number of benzene rings is 1. The zero-order valence-electron chi connectivity index (χ0n) is 12.3. The van der Waals surface area contributed by atoms with Crippen LogP contribution in [0, 0.1) is 0 Å². The van der Waals surface area contributed by atoms with Crippen LogP contribution in [0.3, 0.4) is 0 Å². The quantitative estimate of drug-likeness (QED) is 0.733. The molecule has 0 aliphatic heterocycles. The smallest absolute Gasteiger partial charge is 0.240 e. The average Bonchev–Trinajstić information content (AvgIpc) is 2.45. The monoisotopic (exact) mass is 316 g/mol. The van der Waals surface area contributed by atoms with E-state index in [0.29, 0.717) is 23.2 Å². The Morgan fingerprint density at radius 1 is 1.30 bits per heavy atom. The van der Waals surface area contributed by atoms with Crippen LogP contribution in [-0.4, -0.2) is 33.0 Å². The van der Waals surface area contributed by atoms with Gasteiger partial charge in [-0.2, -0.15) is 11.8 Å². The van der Waals surface area contributed by atoms with E-state index in [9.17, 15) is 8.42 Å². The van der Waals surface area contributed by atoms with E-state index in [1.165, 1.54) is 0 Å². The van der Waals surface area contributed by atoms with Crippen molar-refractivity contribution in [2.24, 2.45) is 0 Å². The predicted molar refractivity (Wildman–Crippen MR) is 86.6 cm³/mol. The molecule has 0 aliphatic rings. The molecule has 20 heavy (non-hydrogen) atoms. The normalized spacial score (nSPS) is 13.3. The fourth-order valence-electron chi connectivity index (χ4n) is 1.76. The molecule has 2 N–H and O–H groups in total. The number of nitrogens with one attached hydrogen (secondary N) is 2. The lowest BCUT2D eigenvalue weighted by molar-refractivity contribution is 0.576. The summed E-state index contributed by atoms with van der Waals surface area (Å²) in [5.41, 5.74) is 0.805. The Morgan fingerprint density at radius 3 is 2.65 bits per heavy atom. The molecule has 1 aromatic carbocycles. The van der Waals surface area contributed by atoms with Crippen molar-refractivity contribution in [1.29, 1.82) is 0 Å². The second kappa shape index (κ2) is 8.67. The first kappa shape index (κ1) is 17.5. The molecule has 0 heterocycles. The molecule has 0 radical (unpaired) electrons. The van der Waals surface area contributed by atoms with Gasteiger partial charge in [0.15, 0.2) is 0 Å². The fourth-order valence-corrected chi connectivity index (χ4v) is 3.40. The largest absolute Gasteiger partial charge is 0.313 e. The summed E-state index contributed by atoms with van der Waals surface area (Å²) in [6, 6.07) is 7.13. The predicted octanol–water partition coefficient (Wildman–Crippen LogP) is 2.22. The molecule has 0 saturated carbocycles. The molecular formula is C14H24N2O2S2. The van der Waals surface area contributed by atoms with E-state index in [2.05, 4.69) is 17.0 Å². The standard InChI is InChI=1S/C14H24N2O2S2/c1-4-15-11-13-7-5-6-8-14(13)20(17,18)16-10-9-12(2)19-3/h5-8,12,15-16H,4,9-11H2,1-3H3. The van der Waals surface area contributed by atoms with E-state index in [-0.39, 0.29) is 0 Å². The van der Waals surface area contributed by atoms with Gasteiger partial charge >= 0.3 is 0 Å². The molecule has 0 aromatic heterocycles. The zero-order valence-corrected chi connectivity index (χ0v) is 14.0. The zero-order chi connectivity index (χ0) is 15.0. The SMILES string of the molecule is CCNCc1ccccc1S(=O)(=O)NCCC(C)SC. The number of hydrogen-bond donors (Lipinski definition) is 2. The summed E-state index contributed by atoms with van der Waals surface area (Å²) < 4.78 is 27.4. The van der Waals surface area contributed by atoms with Crippen LogP contribution in [0.2, 0.25) is 0 Å².